The fourth-order valence-corrected chi connectivity index (χ4v) is 3.73. The van der Waals surface area contributed by atoms with Crippen molar-refractivity contribution in [3.05, 3.63) is 45.7 Å². The minimum Gasteiger partial charge on any atom is -0.351 e. The normalized spacial score (nSPS) is 23.0. The predicted octanol–water partition coefficient (Wildman–Crippen LogP) is 1.63. The van der Waals surface area contributed by atoms with Crippen molar-refractivity contribution in [2.45, 2.75) is 57.0 Å². The average molecular weight is 328 g/mol. The lowest BCUT2D eigenvalue weighted by Crippen LogP contribution is -2.39. The van der Waals surface area contributed by atoms with Crippen LogP contribution < -0.4 is 10.9 Å². The molecule has 0 unspecified atom stereocenters. The van der Waals surface area contributed by atoms with E-state index in [1.807, 2.05) is 0 Å². The number of carbonyl (C=O) groups is 1. The Morgan fingerprint density at radius 3 is 2.83 bits per heavy atom. The van der Waals surface area contributed by atoms with Gasteiger partial charge in [0.15, 0.2) is 0 Å². The number of aromatic nitrogens is 3. The third-order valence-corrected chi connectivity index (χ3v) is 5.02. The van der Waals surface area contributed by atoms with Crippen LogP contribution >= 0.6 is 0 Å². The molecule has 7 nitrogen and oxygen atoms in total. The van der Waals surface area contributed by atoms with E-state index in [0.717, 1.165) is 56.2 Å². The Labute approximate surface area is 139 Å². The summed E-state index contributed by atoms with van der Waals surface area (Å²) in [5.74, 6) is -0.00240. The molecule has 0 aromatic carbocycles. The molecule has 1 fully saturated rings. The molecule has 4 rings (SSSR count). The van der Waals surface area contributed by atoms with E-state index in [9.17, 15) is 9.59 Å². The second-order valence-corrected chi connectivity index (χ2v) is 6.61. The monoisotopic (exact) mass is 328 g/mol. The molecule has 7 heteroatoms. The fourth-order valence-electron chi connectivity index (χ4n) is 3.73. The molecule has 2 aliphatic rings. The molecule has 2 aliphatic carbocycles. The zero-order valence-corrected chi connectivity index (χ0v) is 13.4. The number of hydrogen-bond acceptors (Lipinski definition) is 5. The van der Waals surface area contributed by atoms with Crippen LogP contribution in [-0.2, 0) is 12.8 Å². The van der Waals surface area contributed by atoms with E-state index in [4.69, 9.17) is 4.52 Å². The SMILES string of the molecule is O=C(NC1CCC(n2nc3c(cc2=O)CCC3)CC1)c1ccno1. The molecule has 24 heavy (non-hydrogen) atoms. The lowest BCUT2D eigenvalue weighted by molar-refractivity contribution is 0.0884. The number of amides is 1. The second-order valence-electron chi connectivity index (χ2n) is 6.61. The molecule has 0 radical (unpaired) electrons. The smallest absolute Gasteiger partial charge is 0.290 e. The summed E-state index contributed by atoms with van der Waals surface area (Å²) in [4.78, 5) is 24.3. The van der Waals surface area contributed by atoms with Crippen molar-refractivity contribution in [1.82, 2.24) is 20.3 Å². The Morgan fingerprint density at radius 2 is 2.08 bits per heavy atom. The van der Waals surface area contributed by atoms with Crippen LogP contribution in [0.15, 0.2) is 27.6 Å². The van der Waals surface area contributed by atoms with Gasteiger partial charge in [-0.3, -0.25) is 9.59 Å². The maximum atomic E-state index is 12.3. The third-order valence-electron chi connectivity index (χ3n) is 5.02. The van der Waals surface area contributed by atoms with E-state index in [1.54, 1.807) is 16.8 Å². The zero-order valence-electron chi connectivity index (χ0n) is 13.4. The van der Waals surface area contributed by atoms with Crippen LogP contribution in [0.3, 0.4) is 0 Å². The van der Waals surface area contributed by atoms with Gasteiger partial charge in [0.05, 0.1) is 17.9 Å². The Kier molecular flexibility index (Phi) is 3.92. The van der Waals surface area contributed by atoms with E-state index >= 15 is 0 Å². The Hall–Kier alpha value is -2.44. The molecular weight excluding hydrogens is 308 g/mol. The first kappa shape index (κ1) is 15.1. The van der Waals surface area contributed by atoms with Crippen LogP contribution in [0.1, 0.15) is 60.0 Å². The van der Waals surface area contributed by atoms with E-state index in [-0.39, 0.29) is 29.3 Å². The van der Waals surface area contributed by atoms with E-state index in [0.29, 0.717) is 0 Å². The Bertz CT molecular complexity index is 789. The molecule has 0 aliphatic heterocycles. The predicted molar refractivity (Wildman–Crippen MR) is 85.8 cm³/mol. The van der Waals surface area contributed by atoms with Gasteiger partial charge in [-0.05, 0) is 50.5 Å². The molecule has 2 aromatic heterocycles. The molecule has 1 N–H and O–H groups in total. The van der Waals surface area contributed by atoms with Gasteiger partial charge in [-0.1, -0.05) is 5.16 Å². The highest BCUT2D eigenvalue weighted by molar-refractivity contribution is 5.91. The minimum atomic E-state index is -0.233. The van der Waals surface area contributed by atoms with Gasteiger partial charge in [0.1, 0.15) is 0 Å². The van der Waals surface area contributed by atoms with Gasteiger partial charge in [-0.25, -0.2) is 4.68 Å². The van der Waals surface area contributed by atoms with Gasteiger partial charge in [0, 0.05) is 18.2 Å². The van der Waals surface area contributed by atoms with Crippen molar-refractivity contribution in [3.63, 3.8) is 0 Å². The van der Waals surface area contributed by atoms with Gasteiger partial charge < -0.3 is 9.84 Å². The molecule has 0 spiro atoms. The summed E-state index contributed by atoms with van der Waals surface area (Å²) < 4.78 is 6.53. The van der Waals surface area contributed by atoms with Crippen LogP contribution in [0, 0.1) is 0 Å². The van der Waals surface area contributed by atoms with Crippen molar-refractivity contribution >= 4 is 5.91 Å². The Balaban J connectivity index is 1.40. The molecule has 0 bridgehead atoms. The highest BCUT2D eigenvalue weighted by atomic mass is 16.5. The fraction of sp³-hybridized carbons (Fsp3) is 0.529. The summed E-state index contributed by atoms with van der Waals surface area (Å²) >= 11 is 0. The third kappa shape index (κ3) is 2.86. The summed E-state index contributed by atoms with van der Waals surface area (Å²) in [5.41, 5.74) is 2.20. The maximum Gasteiger partial charge on any atom is 0.290 e. The standard InChI is InChI=1S/C17H20N4O3/c22-16-10-11-2-1-3-14(11)20-21(16)13-6-4-12(5-7-13)19-17(23)15-8-9-18-24-15/h8-10,12-13H,1-7H2,(H,19,23). The highest BCUT2D eigenvalue weighted by Crippen LogP contribution is 2.28. The van der Waals surface area contributed by atoms with Crippen LogP contribution in [0.4, 0.5) is 0 Å². The van der Waals surface area contributed by atoms with Gasteiger partial charge in [0.2, 0.25) is 5.76 Å². The van der Waals surface area contributed by atoms with Gasteiger partial charge in [-0.15, -0.1) is 0 Å². The summed E-state index contributed by atoms with van der Waals surface area (Å²) in [6.45, 7) is 0. The molecule has 2 heterocycles. The number of rotatable bonds is 3. The number of carbonyl (C=O) groups excluding carboxylic acids is 1. The van der Waals surface area contributed by atoms with Crippen molar-refractivity contribution in [1.29, 1.82) is 0 Å². The van der Waals surface area contributed by atoms with E-state index in [1.165, 1.54) is 6.20 Å². The average Bonchev–Trinajstić information content (AvgIpc) is 3.26. The minimum absolute atomic E-state index is 0.00444. The number of nitrogens with one attached hydrogen (secondary N) is 1. The molecule has 1 amide bonds. The highest BCUT2D eigenvalue weighted by Gasteiger charge is 2.27. The van der Waals surface area contributed by atoms with Crippen molar-refractivity contribution in [2.24, 2.45) is 0 Å². The molecule has 126 valence electrons. The largest absolute Gasteiger partial charge is 0.351 e. The van der Waals surface area contributed by atoms with E-state index < -0.39 is 0 Å². The first-order chi connectivity index (χ1) is 11.7. The molecule has 2 aromatic rings. The summed E-state index contributed by atoms with van der Waals surface area (Å²) in [7, 11) is 0. The van der Waals surface area contributed by atoms with Crippen LogP contribution in [0.5, 0.6) is 0 Å². The van der Waals surface area contributed by atoms with Gasteiger partial charge >= 0.3 is 0 Å². The maximum absolute atomic E-state index is 12.3. The van der Waals surface area contributed by atoms with Crippen LogP contribution in [0.25, 0.3) is 0 Å². The van der Waals surface area contributed by atoms with Gasteiger partial charge in [0.25, 0.3) is 11.5 Å². The lowest BCUT2D eigenvalue weighted by Gasteiger charge is -2.29. The zero-order chi connectivity index (χ0) is 16.5. The summed E-state index contributed by atoms with van der Waals surface area (Å²) in [6, 6.07) is 3.54. The molecule has 0 atom stereocenters. The quantitative estimate of drug-likeness (QED) is 0.925. The topological polar surface area (TPSA) is 90.0 Å². The first-order valence-electron chi connectivity index (χ1n) is 8.54. The van der Waals surface area contributed by atoms with Crippen molar-refractivity contribution in [3.8, 4) is 0 Å². The van der Waals surface area contributed by atoms with Gasteiger partial charge in [-0.2, -0.15) is 5.10 Å². The van der Waals surface area contributed by atoms with Crippen LogP contribution in [-0.4, -0.2) is 26.9 Å². The number of nitrogens with zero attached hydrogens (tertiary/aromatic N) is 3. The summed E-state index contributed by atoms with van der Waals surface area (Å²) in [6.07, 6.45) is 7.83. The number of aryl methyl sites for hydroxylation is 2. The molecule has 0 saturated heterocycles. The summed E-state index contributed by atoms with van der Waals surface area (Å²) in [5, 5.41) is 11.1. The number of hydrogen-bond donors (Lipinski definition) is 1. The first-order valence-corrected chi connectivity index (χ1v) is 8.54. The van der Waals surface area contributed by atoms with E-state index in [2.05, 4.69) is 15.6 Å². The van der Waals surface area contributed by atoms with Crippen molar-refractivity contribution in [2.75, 3.05) is 0 Å². The lowest BCUT2D eigenvalue weighted by atomic mass is 9.91. The molecular formula is C17H20N4O3. The Morgan fingerprint density at radius 1 is 1.25 bits per heavy atom. The van der Waals surface area contributed by atoms with Crippen molar-refractivity contribution < 1.29 is 9.32 Å². The molecule has 1 saturated carbocycles. The second kappa shape index (κ2) is 6.22. The number of fused-ring (bicyclic) bond motifs is 1. The van der Waals surface area contributed by atoms with Crippen LogP contribution in [0.2, 0.25) is 0 Å².